The Labute approximate surface area is 156 Å². The zero-order valence-electron chi connectivity index (χ0n) is 16.2. The lowest BCUT2D eigenvalue weighted by molar-refractivity contribution is 0.00237. The topological polar surface area (TPSA) is 75.7 Å². The fourth-order valence-corrected chi connectivity index (χ4v) is 3.41. The number of nitrogens with zero attached hydrogens (tertiary/aromatic N) is 2. The molecule has 26 heavy (non-hydrogen) atoms. The largest absolute Gasteiger partial charge is 0.481 e. The number of carbonyl (C=O) groups is 1. The van der Waals surface area contributed by atoms with Crippen LogP contribution < -0.4 is 15.4 Å². The molecule has 2 rings (SSSR count). The summed E-state index contributed by atoms with van der Waals surface area (Å²) in [6.07, 6.45) is 3.93. The number of amides is 2. The lowest BCUT2D eigenvalue weighted by atomic mass is 9.92. The molecule has 0 bridgehead atoms. The first-order chi connectivity index (χ1) is 12.7. The maximum Gasteiger partial charge on any atom is 0.315 e. The van der Waals surface area contributed by atoms with E-state index in [1.54, 1.807) is 19.4 Å². The van der Waals surface area contributed by atoms with Crippen molar-refractivity contribution in [3.05, 3.63) is 23.9 Å². The van der Waals surface area contributed by atoms with E-state index in [0.717, 1.165) is 44.7 Å². The van der Waals surface area contributed by atoms with Crippen molar-refractivity contribution < 1.29 is 14.3 Å². The number of methoxy groups -OCH3 is 1. The van der Waals surface area contributed by atoms with Crippen LogP contribution in [0, 0.1) is 5.92 Å². The van der Waals surface area contributed by atoms with Gasteiger partial charge in [-0.15, -0.1) is 0 Å². The Morgan fingerprint density at radius 3 is 2.58 bits per heavy atom. The van der Waals surface area contributed by atoms with Crippen LogP contribution in [0.3, 0.4) is 0 Å². The van der Waals surface area contributed by atoms with Gasteiger partial charge in [0.1, 0.15) is 0 Å². The van der Waals surface area contributed by atoms with Gasteiger partial charge in [0, 0.05) is 44.5 Å². The molecule has 1 unspecified atom stereocenters. The van der Waals surface area contributed by atoms with Crippen molar-refractivity contribution in [2.24, 2.45) is 5.92 Å². The average molecular weight is 364 g/mol. The quantitative estimate of drug-likeness (QED) is 0.701. The summed E-state index contributed by atoms with van der Waals surface area (Å²) in [5.41, 5.74) is 0.936. The summed E-state index contributed by atoms with van der Waals surface area (Å²) in [4.78, 5) is 18.8. The van der Waals surface area contributed by atoms with E-state index in [-0.39, 0.29) is 6.03 Å². The maximum absolute atomic E-state index is 12.2. The van der Waals surface area contributed by atoms with E-state index in [2.05, 4.69) is 34.4 Å². The fourth-order valence-electron chi connectivity index (χ4n) is 3.41. The van der Waals surface area contributed by atoms with Gasteiger partial charge in [0.05, 0.1) is 20.3 Å². The van der Waals surface area contributed by atoms with Crippen LogP contribution in [0.25, 0.3) is 0 Å². The van der Waals surface area contributed by atoms with Crippen LogP contribution >= 0.6 is 0 Å². The number of rotatable bonds is 9. The Bertz CT molecular complexity index is 528. The fraction of sp³-hybridized carbons (Fsp3) is 0.684. The summed E-state index contributed by atoms with van der Waals surface area (Å²) in [5, 5.41) is 5.94. The summed E-state index contributed by atoms with van der Waals surface area (Å²) in [7, 11) is 1.58. The SMILES string of the molecule is CCC(CC)C(CNC(=O)NCc1ccc(OC)nc1)N1CCOCC1. The zero-order chi connectivity index (χ0) is 18.8. The first kappa shape index (κ1) is 20.5. The van der Waals surface area contributed by atoms with E-state index >= 15 is 0 Å². The number of pyridine rings is 1. The van der Waals surface area contributed by atoms with E-state index in [0.29, 0.717) is 30.9 Å². The van der Waals surface area contributed by atoms with Crippen LogP contribution in [0.15, 0.2) is 18.3 Å². The van der Waals surface area contributed by atoms with E-state index in [1.165, 1.54) is 0 Å². The van der Waals surface area contributed by atoms with Crippen LogP contribution in [0.4, 0.5) is 4.79 Å². The first-order valence-electron chi connectivity index (χ1n) is 9.50. The second kappa shape index (κ2) is 11.0. The molecule has 1 aromatic heterocycles. The number of hydrogen-bond donors (Lipinski definition) is 2. The summed E-state index contributed by atoms with van der Waals surface area (Å²) < 4.78 is 10.5. The van der Waals surface area contributed by atoms with E-state index in [4.69, 9.17) is 9.47 Å². The molecular weight excluding hydrogens is 332 g/mol. The molecule has 1 saturated heterocycles. The molecule has 0 aromatic carbocycles. The monoisotopic (exact) mass is 364 g/mol. The van der Waals surface area contributed by atoms with Crippen molar-refractivity contribution in [3.8, 4) is 5.88 Å². The van der Waals surface area contributed by atoms with E-state index in [1.807, 2.05) is 6.07 Å². The lowest BCUT2D eigenvalue weighted by Gasteiger charge is -2.38. The zero-order valence-corrected chi connectivity index (χ0v) is 16.2. The summed E-state index contributed by atoms with van der Waals surface area (Å²) in [5.74, 6) is 1.14. The molecule has 1 atom stereocenters. The molecule has 7 heteroatoms. The van der Waals surface area contributed by atoms with E-state index in [9.17, 15) is 4.79 Å². The van der Waals surface area contributed by atoms with Crippen LogP contribution in [0.1, 0.15) is 32.3 Å². The van der Waals surface area contributed by atoms with Gasteiger partial charge in [-0.1, -0.05) is 32.8 Å². The molecule has 0 spiro atoms. The van der Waals surface area contributed by atoms with Gasteiger partial charge in [-0.25, -0.2) is 9.78 Å². The van der Waals surface area contributed by atoms with Gasteiger partial charge >= 0.3 is 6.03 Å². The van der Waals surface area contributed by atoms with Gasteiger partial charge in [0.25, 0.3) is 0 Å². The van der Waals surface area contributed by atoms with Gasteiger partial charge < -0.3 is 20.1 Å². The third-order valence-electron chi connectivity index (χ3n) is 5.04. The van der Waals surface area contributed by atoms with Gasteiger partial charge in [-0.2, -0.15) is 0 Å². The molecule has 1 fully saturated rings. The standard InChI is InChI=1S/C19H32N4O3/c1-4-16(5-2)17(23-8-10-26-11-9-23)14-22-19(24)21-13-15-6-7-18(25-3)20-12-15/h6-7,12,16-17H,4-5,8-11,13-14H2,1-3H3,(H2,21,22,24). The minimum atomic E-state index is -0.148. The van der Waals surface area contributed by atoms with Gasteiger partial charge in [0.2, 0.25) is 5.88 Å². The predicted molar refractivity (Wildman–Crippen MR) is 101 cm³/mol. The third-order valence-corrected chi connectivity index (χ3v) is 5.04. The summed E-state index contributed by atoms with van der Waals surface area (Å²) >= 11 is 0. The highest BCUT2D eigenvalue weighted by atomic mass is 16.5. The molecule has 2 heterocycles. The number of aromatic nitrogens is 1. The maximum atomic E-state index is 12.2. The van der Waals surface area contributed by atoms with Crippen LogP contribution in [0.5, 0.6) is 5.88 Å². The van der Waals surface area contributed by atoms with Crippen molar-refractivity contribution in [1.29, 1.82) is 0 Å². The molecule has 2 N–H and O–H groups in total. The summed E-state index contributed by atoms with van der Waals surface area (Å²) in [6.45, 7) is 8.94. The molecule has 0 aliphatic carbocycles. The Morgan fingerprint density at radius 1 is 1.27 bits per heavy atom. The first-order valence-corrected chi connectivity index (χ1v) is 9.50. The summed E-state index contributed by atoms with van der Waals surface area (Å²) in [6, 6.07) is 3.89. The van der Waals surface area contributed by atoms with Crippen molar-refractivity contribution in [2.45, 2.75) is 39.3 Å². The molecule has 1 aromatic rings. The molecule has 146 valence electrons. The van der Waals surface area contributed by atoms with Crippen molar-refractivity contribution in [1.82, 2.24) is 20.5 Å². The molecule has 0 radical (unpaired) electrons. The Balaban J connectivity index is 1.82. The second-order valence-corrected chi connectivity index (χ2v) is 6.56. The lowest BCUT2D eigenvalue weighted by Crippen LogP contribution is -2.53. The molecule has 0 saturated carbocycles. The Hall–Kier alpha value is -1.86. The third kappa shape index (κ3) is 6.14. The highest BCUT2D eigenvalue weighted by Crippen LogP contribution is 2.19. The number of carbonyl (C=O) groups excluding carboxylic acids is 1. The van der Waals surface area contributed by atoms with Crippen LogP contribution in [-0.4, -0.2) is 61.9 Å². The van der Waals surface area contributed by atoms with Crippen molar-refractivity contribution >= 4 is 6.03 Å². The van der Waals surface area contributed by atoms with Crippen molar-refractivity contribution in [2.75, 3.05) is 40.0 Å². The Kier molecular flexibility index (Phi) is 8.64. The highest BCUT2D eigenvalue weighted by molar-refractivity contribution is 5.73. The molecule has 7 nitrogen and oxygen atoms in total. The number of urea groups is 1. The number of hydrogen-bond acceptors (Lipinski definition) is 5. The predicted octanol–water partition coefficient (Wildman–Crippen LogP) is 2.03. The minimum absolute atomic E-state index is 0.148. The Morgan fingerprint density at radius 2 is 2.00 bits per heavy atom. The molecule has 1 aliphatic heterocycles. The number of nitrogens with one attached hydrogen (secondary N) is 2. The average Bonchev–Trinajstić information content (AvgIpc) is 2.70. The normalized spacial score (nSPS) is 16.3. The smallest absolute Gasteiger partial charge is 0.315 e. The van der Waals surface area contributed by atoms with Gasteiger partial charge in [-0.3, -0.25) is 4.90 Å². The highest BCUT2D eigenvalue weighted by Gasteiger charge is 2.27. The molecule has 2 amide bonds. The molecule has 1 aliphatic rings. The molecular formula is C19H32N4O3. The minimum Gasteiger partial charge on any atom is -0.481 e. The number of morpholine rings is 1. The van der Waals surface area contributed by atoms with Crippen LogP contribution in [-0.2, 0) is 11.3 Å². The van der Waals surface area contributed by atoms with E-state index < -0.39 is 0 Å². The van der Waals surface area contributed by atoms with Gasteiger partial charge in [-0.05, 0) is 11.5 Å². The van der Waals surface area contributed by atoms with Crippen LogP contribution in [0.2, 0.25) is 0 Å². The second-order valence-electron chi connectivity index (χ2n) is 6.56. The van der Waals surface area contributed by atoms with Gasteiger partial charge in [0.15, 0.2) is 0 Å². The van der Waals surface area contributed by atoms with Crippen molar-refractivity contribution in [3.63, 3.8) is 0 Å². The number of ether oxygens (including phenoxy) is 2.